The minimum atomic E-state index is -1.26. The van der Waals surface area contributed by atoms with Crippen LogP contribution in [0.2, 0.25) is 0 Å². The molecule has 3 rings (SSSR count). The molecule has 1 aliphatic heterocycles. The van der Waals surface area contributed by atoms with Crippen LogP contribution in [0.1, 0.15) is 65.3 Å². The van der Waals surface area contributed by atoms with Crippen LogP contribution >= 0.6 is 10.3 Å². The zero-order valence-electron chi connectivity index (χ0n) is 22.0. The summed E-state index contributed by atoms with van der Waals surface area (Å²) >= 11 is 0. The quantitative estimate of drug-likeness (QED) is 0.387. The predicted molar refractivity (Wildman–Crippen MR) is 143 cm³/mol. The van der Waals surface area contributed by atoms with Crippen LogP contribution in [0.4, 0.5) is 0 Å². The number of hydrogen-bond donors (Lipinski definition) is 0. The van der Waals surface area contributed by atoms with Crippen LogP contribution in [0.5, 0.6) is 0 Å². The maximum Gasteiger partial charge on any atom is 0.316 e. The molecule has 0 bridgehead atoms. The topological polar surface area (TPSA) is 57.7 Å². The average molecular weight is 488 g/mol. The molecule has 0 amide bonds. The van der Waals surface area contributed by atoms with E-state index in [-0.39, 0.29) is 22.7 Å². The third kappa shape index (κ3) is 5.84. The summed E-state index contributed by atoms with van der Waals surface area (Å²) in [6.07, 6.45) is 9.17. The molecule has 188 valence electrons. The van der Waals surface area contributed by atoms with Crippen molar-refractivity contribution in [2.75, 3.05) is 32.3 Å². The van der Waals surface area contributed by atoms with Crippen molar-refractivity contribution in [3.63, 3.8) is 0 Å². The van der Waals surface area contributed by atoms with Crippen molar-refractivity contribution >= 4 is 33.3 Å². The van der Waals surface area contributed by atoms with Gasteiger partial charge in [-0.15, -0.1) is 10.3 Å². The number of fused-ring (bicyclic) bond motifs is 1. The Morgan fingerprint density at radius 2 is 1.94 bits per heavy atom. The number of pyridine rings is 1. The van der Waals surface area contributed by atoms with E-state index in [1.165, 1.54) is 0 Å². The monoisotopic (exact) mass is 487 g/mol. The number of benzene rings is 1. The van der Waals surface area contributed by atoms with Gasteiger partial charge in [-0.25, -0.2) is 0 Å². The number of carbonyl (C=O) groups is 1. The van der Waals surface area contributed by atoms with Crippen LogP contribution in [-0.4, -0.2) is 48.0 Å². The fourth-order valence-corrected chi connectivity index (χ4v) is 5.08. The molecule has 34 heavy (non-hydrogen) atoms. The highest BCUT2D eigenvalue weighted by molar-refractivity contribution is 8.29. The second kappa shape index (κ2) is 10.4. The second-order valence-corrected chi connectivity index (χ2v) is 14.6. The van der Waals surface area contributed by atoms with Crippen LogP contribution in [0.15, 0.2) is 36.4 Å². The lowest BCUT2D eigenvalue weighted by Crippen LogP contribution is -2.36. The van der Waals surface area contributed by atoms with Gasteiger partial charge in [-0.1, -0.05) is 51.1 Å². The molecule has 1 saturated heterocycles. The highest BCUT2D eigenvalue weighted by Crippen LogP contribution is 2.56. The average Bonchev–Trinajstić information content (AvgIpc) is 3.31. The number of carbonyl (C=O) groups excluding carboxylic acids is 1. The number of rotatable bonds is 8. The zero-order valence-corrected chi connectivity index (χ0v) is 22.8. The molecule has 0 aliphatic carbocycles. The Bertz CT molecular complexity index is 1040. The highest BCUT2D eigenvalue weighted by atomic mass is 32.3. The van der Waals surface area contributed by atoms with E-state index in [1.807, 2.05) is 26.0 Å². The van der Waals surface area contributed by atoms with Crippen molar-refractivity contribution in [1.29, 1.82) is 0 Å². The van der Waals surface area contributed by atoms with Crippen LogP contribution in [0, 0.1) is 11.3 Å². The van der Waals surface area contributed by atoms with E-state index in [1.54, 1.807) is 0 Å². The number of hydrogen-bond acceptors (Lipinski definition) is 5. The van der Waals surface area contributed by atoms with E-state index in [2.05, 4.69) is 70.5 Å². The smallest absolute Gasteiger partial charge is 0.316 e. The lowest BCUT2D eigenvalue weighted by atomic mass is 9.76. The maximum atomic E-state index is 12.8. The van der Waals surface area contributed by atoms with Gasteiger partial charge in [-0.3, -0.25) is 9.78 Å². The Kier molecular flexibility index (Phi) is 8.16. The Balaban J connectivity index is 1.87. The zero-order chi connectivity index (χ0) is 25.1. The molecule has 1 aromatic carbocycles. The minimum absolute atomic E-state index is 0.0893. The van der Waals surface area contributed by atoms with Crippen LogP contribution in [-0.2, 0) is 18.5 Å². The van der Waals surface area contributed by atoms with Crippen LogP contribution < -0.4 is 0 Å². The van der Waals surface area contributed by atoms with Crippen molar-refractivity contribution in [3.05, 3.63) is 47.7 Å². The Morgan fingerprint density at radius 3 is 2.56 bits per heavy atom. The van der Waals surface area contributed by atoms with E-state index in [0.717, 1.165) is 28.6 Å². The summed E-state index contributed by atoms with van der Waals surface area (Å²) in [5, 5.41) is 1.08. The summed E-state index contributed by atoms with van der Waals surface area (Å²) in [7, 11) is -1.26. The Labute approximate surface area is 206 Å². The van der Waals surface area contributed by atoms with E-state index < -0.39 is 15.7 Å². The van der Waals surface area contributed by atoms with Crippen molar-refractivity contribution in [2.45, 2.75) is 58.8 Å². The molecular formula is C28H41NO4S. The summed E-state index contributed by atoms with van der Waals surface area (Å²) in [6, 6.07) is 10.4. The van der Waals surface area contributed by atoms with Crippen molar-refractivity contribution < 1.29 is 18.5 Å². The number of aromatic nitrogens is 1. The molecule has 5 nitrogen and oxygen atoms in total. The molecule has 0 radical (unpaired) electrons. The minimum Gasteiger partial charge on any atom is -0.465 e. The molecule has 0 N–H and O–H groups in total. The van der Waals surface area contributed by atoms with Gasteiger partial charge in [-0.2, -0.15) is 0 Å². The number of nitrogens with zero attached hydrogens (tertiary/aromatic N) is 1. The molecule has 6 heteroatoms. The lowest BCUT2D eigenvalue weighted by Gasteiger charge is -2.45. The van der Waals surface area contributed by atoms with Crippen LogP contribution in [0.3, 0.4) is 0 Å². The molecule has 3 atom stereocenters. The van der Waals surface area contributed by atoms with Gasteiger partial charge >= 0.3 is 5.97 Å². The summed E-state index contributed by atoms with van der Waals surface area (Å²) in [4.78, 5) is 17.8. The summed E-state index contributed by atoms with van der Waals surface area (Å²) < 4.78 is 17.6. The van der Waals surface area contributed by atoms with E-state index in [4.69, 9.17) is 18.6 Å². The molecule has 1 aliphatic rings. The van der Waals surface area contributed by atoms with Gasteiger partial charge in [-0.05, 0) is 57.4 Å². The molecule has 0 spiro atoms. The Hall–Kier alpha value is -1.89. The van der Waals surface area contributed by atoms with Gasteiger partial charge in [0, 0.05) is 22.7 Å². The molecule has 2 aromatic rings. The fourth-order valence-electron chi connectivity index (χ4n) is 3.97. The Morgan fingerprint density at radius 1 is 1.24 bits per heavy atom. The summed E-state index contributed by atoms with van der Waals surface area (Å²) in [6.45, 7) is 14.2. The SMILES string of the molecule is CCOC(=O)C(C)(/C=C/c1ccc2ccc([C@@H](C)OS(C)(C)C(C)(C)C)nc2c1)C1CCOC1. The lowest BCUT2D eigenvalue weighted by molar-refractivity contribution is -0.154. The van der Waals surface area contributed by atoms with E-state index in [0.29, 0.717) is 19.8 Å². The standard InChI is InChI=1S/C28H41NO4S/c1-9-32-26(30)28(6,23-15-17-31-19-23)16-14-21-10-11-22-12-13-24(29-25(22)18-21)20(2)33-34(7,8)27(3,4)5/h10-14,16,18,20,23H,9,15,17,19H2,1-8H3/b16-14+/t20-,23?,28?/m1/s1. The van der Waals surface area contributed by atoms with Crippen LogP contribution in [0.25, 0.3) is 17.0 Å². The van der Waals surface area contributed by atoms with E-state index in [9.17, 15) is 4.79 Å². The fraction of sp³-hybridized carbons (Fsp3) is 0.571. The second-order valence-electron chi connectivity index (χ2n) is 10.7. The van der Waals surface area contributed by atoms with Gasteiger partial charge in [0.1, 0.15) is 6.10 Å². The normalized spacial score (nSPS) is 20.4. The molecule has 2 unspecified atom stereocenters. The molecule has 2 heterocycles. The van der Waals surface area contributed by atoms with Gasteiger partial charge in [0.05, 0.1) is 29.8 Å². The van der Waals surface area contributed by atoms with Gasteiger partial charge in [0.25, 0.3) is 0 Å². The highest BCUT2D eigenvalue weighted by Gasteiger charge is 2.42. The predicted octanol–water partition coefficient (Wildman–Crippen LogP) is 6.71. The molecule has 0 saturated carbocycles. The molecule has 1 aromatic heterocycles. The maximum absolute atomic E-state index is 12.8. The van der Waals surface area contributed by atoms with Gasteiger partial charge in [0.15, 0.2) is 0 Å². The first kappa shape index (κ1) is 26.7. The van der Waals surface area contributed by atoms with Crippen molar-refractivity contribution in [2.24, 2.45) is 11.3 Å². The van der Waals surface area contributed by atoms with Crippen molar-refractivity contribution in [1.82, 2.24) is 4.98 Å². The van der Waals surface area contributed by atoms with Crippen molar-refractivity contribution in [3.8, 4) is 0 Å². The number of esters is 1. The summed E-state index contributed by atoms with van der Waals surface area (Å²) in [5.41, 5.74) is 2.12. The molecule has 1 fully saturated rings. The van der Waals surface area contributed by atoms with Gasteiger partial charge < -0.3 is 13.7 Å². The van der Waals surface area contributed by atoms with E-state index >= 15 is 0 Å². The molecular weight excluding hydrogens is 446 g/mol. The first-order chi connectivity index (χ1) is 15.9. The first-order valence-corrected chi connectivity index (χ1v) is 14.5. The first-order valence-electron chi connectivity index (χ1n) is 12.1. The third-order valence-electron chi connectivity index (χ3n) is 7.13. The number of ether oxygens (including phenoxy) is 2. The third-order valence-corrected chi connectivity index (χ3v) is 10.8. The van der Waals surface area contributed by atoms with Gasteiger partial charge in [0.2, 0.25) is 0 Å². The summed E-state index contributed by atoms with van der Waals surface area (Å²) in [5.74, 6) is -0.0856. The largest absolute Gasteiger partial charge is 0.465 e.